The standard InChI is InChI=1S/C15H24.C14H22/c1-11-10-12(14(2,3)4)8-9-13(11)15(5,6)7;1-13(2,3)11-7-9-12(10-8-11)14(4,5)6/h8-10H,1-7H3;7-10H,1-6H3. The molecule has 0 fully saturated rings. The van der Waals surface area contributed by atoms with Gasteiger partial charge in [0, 0.05) is 0 Å². The number of rotatable bonds is 0. The third kappa shape index (κ3) is 7.65. The second-order valence-electron chi connectivity index (χ2n) is 12.6. The molecular weight excluding hydrogens is 348 g/mol. The van der Waals surface area contributed by atoms with Crippen LogP contribution in [0.25, 0.3) is 0 Å². The Kier molecular flexibility index (Phi) is 7.61. The molecule has 0 nitrogen and oxygen atoms in total. The van der Waals surface area contributed by atoms with Gasteiger partial charge in [-0.2, -0.15) is 0 Å². The predicted molar refractivity (Wildman–Crippen MR) is 132 cm³/mol. The lowest BCUT2D eigenvalue weighted by Crippen LogP contribution is -2.16. The molecule has 0 aliphatic carbocycles. The number of hydrogen-bond donors (Lipinski definition) is 0. The van der Waals surface area contributed by atoms with Gasteiger partial charge in [0.1, 0.15) is 0 Å². The zero-order valence-corrected chi connectivity index (χ0v) is 21.5. The van der Waals surface area contributed by atoms with Crippen molar-refractivity contribution in [3.63, 3.8) is 0 Å². The Balaban J connectivity index is 0.000000291. The van der Waals surface area contributed by atoms with E-state index in [0.29, 0.717) is 0 Å². The lowest BCUT2D eigenvalue weighted by molar-refractivity contribution is 0.573. The fourth-order valence-electron chi connectivity index (χ4n) is 3.44. The van der Waals surface area contributed by atoms with E-state index in [4.69, 9.17) is 0 Å². The molecule has 0 N–H and O–H groups in total. The first kappa shape index (κ1) is 25.5. The third-order valence-corrected chi connectivity index (χ3v) is 5.52. The number of hydrogen-bond acceptors (Lipinski definition) is 0. The SMILES string of the molecule is CC(C)(C)c1ccc(C(C)(C)C)cc1.Cc1cc(C(C)(C)C)ccc1C(C)(C)C. The van der Waals surface area contributed by atoms with Crippen molar-refractivity contribution in [3.8, 4) is 0 Å². The van der Waals surface area contributed by atoms with Crippen LogP contribution in [0.4, 0.5) is 0 Å². The van der Waals surface area contributed by atoms with Crippen molar-refractivity contribution in [1.82, 2.24) is 0 Å². The van der Waals surface area contributed by atoms with Crippen LogP contribution in [-0.4, -0.2) is 0 Å². The molecule has 2 rings (SSSR count). The summed E-state index contributed by atoms with van der Waals surface area (Å²) in [4.78, 5) is 0. The van der Waals surface area contributed by atoms with Crippen LogP contribution in [-0.2, 0) is 21.7 Å². The lowest BCUT2D eigenvalue weighted by Gasteiger charge is -2.25. The molecule has 0 aromatic heterocycles. The quantitative estimate of drug-likeness (QED) is 0.418. The van der Waals surface area contributed by atoms with E-state index in [2.05, 4.69) is 132 Å². The zero-order valence-electron chi connectivity index (χ0n) is 21.5. The molecule has 0 aliphatic rings. The first-order valence-electron chi connectivity index (χ1n) is 11.1. The van der Waals surface area contributed by atoms with Gasteiger partial charge in [-0.3, -0.25) is 0 Å². The summed E-state index contributed by atoms with van der Waals surface area (Å²) < 4.78 is 0. The van der Waals surface area contributed by atoms with Crippen LogP contribution in [0.3, 0.4) is 0 Å². The van der Waals surface area contributed by atoms with Crippen molar-refractivity contribution < 1.29 is 0 Å². The Morgan fingerprint density at radius 2 is 0.724 bits per heavy atom. The van der Waals surface area contributed by atoms with Crippen molar-refractivity contribution in [2.45, 2.75) is 112 Å². The fraction of sp³-hybridized carbons (Fsp3) is 0.586. The van der Waals surface area contributed by atoms with E-state index in [-0.39, 0.29) is 21.7 Å². The summed E-state index contributed by atoms with van der Waals surface area (Å²) in [6.45, 7) is 29.3. The maximum absolute atomic E-state index is 2.33. The van der Waals surface area contributed by atoms with Crippen molar-refractivity contribution in [3.05, 3.63) is 70.3 Å². The molecule has 0 unspecified atom stereocenters. The van der Waals surface area contributed by atoms with Gasteiger partial charge in [0.25, 0.3) is 0 Å². The molecule has 0 aliphatic heterocycles. The Morgan fingerprint density at radius 1 is 0.414 bits per heavy atom. The van der Waals surface area contributed by atoms with Crippen LogP contribution in [0.2, 0.25) is 0 Å². The van der Waals surface area contributed by atoms with Crippen molar-refractivity contribution in [1.29, 1.82) is 0 Å². The first-order chi connectivity index (χ1) is 12.8. The van der Waals surface area contributed by atoms with Gasteiger partial charge >= 0.3 is 0 Å². The average molecular weight is 395 g/mol. The molecule has 0 heteroatoms. The number of aryl methyl sites for hydroxylation is 1. The molecule has 0 bridgehead atoms. The summed E-state index contributed by atoms with van der Waals surface area (Å²) in [6.07, 6.45) is 0. The molecule has 0 radical (unpaired) electrons. The minimum Gasteiger partial charge on any atom is -0.0582 e. The highest BCUT2D eigenvalue weighted by atomic mass is 14.2. The summed E-state index contributed by atoms with van der Waals surface area (Å²) >= 11 is 0. The molecule has 2 aromatic rings. The van der Waals surface area contributed by atoms with Gasteiger partial charge in [0.2, 0.25) is 0 Å². The van der Waals surface area contributed by atoms with E-state index in [1.54, 1.807) is 0 Å². The Morgan fingerprint density at radius 3 is 0.966 bits per heavy atom. The van der Waals surface area contributed by atoms with Gasteiger partial charge in [0.05, 0.1) is 0 Å². The summed E-state index contributed by atoms with van der Waals surface area (Å²) in [5, 5.41) is 0. The van der Waals surface area contributed by atoms with Gasteiger partial charge in [-0.25, -0.2) is 0 Å². The highest BCUT2D eigenvalue weighted by molar-refractivity contribution is 5.38. The third-order valence-electron chi connectivity index (χ3n) is 5.52. The van der Waals surface area contributed by atoms with Gasteiger partial charge < -0.3 is 0 Å². The van der Waals surface area contributed by atoms with E-state index in [1.807, 2.05) is 0 Å². The highest BCUT2D eigenvalue weighted by Crippen LogP contribution is 2.30. The van der Waals surface area contributed by atoms with Crippen LogP contribution in [0.1, 0.15) is 111 Å². The molecule has 29 heavy (non-hydrogen) atoms. The van der Waals surface area contributed by atoms with Gasteiger partial charge in [-0.05, 0) is 56.4 Å². The fourth-order valence-corrected chi connectivity index (χ4v) is 3.44. The van der Waals surface area contributed by atoms with Gasteiger partial charge in [-0.15, -0.1) is 0 Å². The molecule has 0 spiro atoms. The van der Waals surface area contributed by atoms with E-state index < -0.39 is 0 Å². The molecule has 0 saturated carbocycles. The summed E-state index contributed by atoms with van der Waals surface area (Å²) in [5.41, 5.74) is 8.13. The van der Waals surface area contributed by atoms with E-state index in [0.717, 1.165) is 0 Å². The molecular formula is C29H46. The first-order valence-corrected chi connectivity index (χ1v) is 11.1. The predicted octanol–water partition coefficient (Wildman–Crippen LogP) is 8.87. The summed E-state index contributed by atoms with van der Waals surface area (Å²) in [6, 6.07) is 15.9. The van der Waals surface area contributed by atoms with Gasteiger partial charge in [-0.1, -0.05) is 126 Å². The van der Waals surface area contributed by atoms with Crippen LogP contribution in [0.15, 0.2) is 42.5 Å². The Bertz CT molecular complexity index is 743. The van der Waals surface area contributed by atoms with Crippen LogP contribution in [0.5, 0.6) is 0 Å². The second kappa shape index (κ2) is 8.66. The smallest absolute Gasteiger partial charge is 0.0129 e. The molecule has 162 valence electrons. The van der Waals surface area contributed by atoms with E-state index in [1.165, 1.54) is 27.8 Å². The Hall–Kier alpha value is -1.56. The Labute approximate surface area is 182 Å². The molecule has 2 aromatic carbocycles. The topological polar surface area (TPSA) is 0 Å². The highest BCUT2D eigenvalue weighted by Gasteiger charge is 2.19. The summed E-state index contributed by atoms with van der Waals surface area (Å²) in [5.74, 6) is 0. The molecule has 0 heterocycles. The normalized spacial score (nSPS) is 13.0. The van der Waals surface area contributed by atoms with Gasteiger partial charge in [0.15, 0.2) is 0 Å². The largest absolute Gasteiger partial charge is 0.0582 e. The van der Waals surface area contributed by atoms with Crippen molar-refractivity contribution in [2.75, 3.05) is 0 Å². The van der Waals surface area contributed by atoms with Crippen LogP contribution < -0.4 is 0 Å². The minimum atomic E-state index is 0.250. The second-order valence-corrected chi connectivity index (χ2v) is 12.6. The lowest BCUT2D eigenvalue weighted by atomic mass is 9.80. The zero-order chi connectivity index (χ0) is 22.8. The average Bonchev–Trinajstić information content (AvgIpc) is 2.52. The van der Waals surface area contributed by atoms with E-state index in [9.17, 15) is 0 Å². The monoisotopic (exact) mass is 394 g/mol. The number of benzene rings is 2. The van der Waals surface area contributed by atoms with Crippen molar-refractivity contribution in [2.24, 2.45) is 0 Å². The molecule has 0 saturated heterocycles. The van der Waals surface area contributed by atoms with Crippen molar-refractivity contribution >= 4 is 0 Å². The van der Waals surface area contributed by atoms with E-state index >= 15 is 0 Å². The minimum absolute atomic E-state index is 0.250. The maximum atomic E-state index is 2.33. The molecule has 0 atom stereocenters. The summed E-state index contributed by atoms with van der Waals surface area (Å²) in [7, 11) is 0. The maximum Gasteiger partial charge on any atom is -0.0129 e. The van der Waals surface area contributed by atoms with Crippen LogP contribution >= 0.6 is 0 Å². The van der Waals surface area contributed by atoms with Crippen LogP contribution in [0, 0.1) is 6.92 Å². The molecule has 0 amide bonds.